The highest BCUT2D eigenvalue weighted by Crippen LogP contribution is 2.09. The fourth-order valence-corrected chi connectivity index (χ4v) is 1.31. The van der Waals surface area contributed by atoms with E-state index in [9.17, 15) is 0 Å². The lowest BCUT2D eigenvalue weighted by Gasteiger charge is -2.08. The number of halogens is 1. The average Bonchev–Trinajstić information content (AvgIpc) is 2.17. The number of aliphatic hydroxyl groups excluding tert-OH is 2. The Morgan fingerprint density at radius 1 is 1.43 bits per heavy atom. The molecular formula is C10H14ClNO2. The normalized spacial score (nSPS) is 12.8. The van der Waals surface area contributed by atoms with E-state index < -0.39 is 6.10 Å². The summed E-state index contributed by atoms with van der Waals surface area (Å²) in [6.07, 6.45) is -0.700. The summed E-state index contributed by atoms with van der Waals surface area (Å²) in [5.74, 6) is 0. The van der Waals surface area contributed by atoms with Gasteiger partial charge in [0.05, 0.1) is 12.7 Å². The third kappa shape index (κ3) is 4.07. The Hall–Kier alpha value is -0.610. The van der Waals surface area contributed by atoms with Crippen LogP contribution in [0.5, 0.6) is 0 Å². The van der Waals surface area contributed by atoms with Gasteiger partial charge in [0.2, 0.25) is 0 Å². The third-order valence-electron chi connectivity index (χ3n) is 1.81. The molecule has 78 valence electrons. The molecule has 0 heterocycles. The van der Waals surface area contributed by atoms with Gasteiger partial charge in [0.15, 0.2) is 0 Å². The zero-order chi connectivity index (χ0) is 10.4. The average molecular weight is 216 g/mol. The van der Waals surface area contributed by atoms with Crippen molar-refractivity contribution in [2.24, 2.45) is 0 Å². The number of hydrogen-bond donors (Lipinski definition) is 3. The minimum atomic E-state index is -0.700. The minimum absolute atomic E-state index is 0.220. The molecule has 0 aromatic heterocycles. The van der Waals surface area contributed by atoms with E-state index in [-0.39, 0.29) is 6.61 Å². The molecule has 3 nitrogen and oxygen atoms in total. The lowest BCUT2D eigenvalue weighted by Crippen LogP contribution is -2.28. The molecule has 1 aromatic rings. The van der Waals surface area contributed by atoms with Crippen LogP contribution in [-0.2, 0) is 6.54 Å². The zero-order valence-corrected chi connectivity index (χ0v) is 8.54. The second-order valence-electron chi connectivity index (χ2n) is 3.10. The first-order valence-electron chi connectivity index (χ1n) is 4.46. The summed E-state index contributed by atoms with van der Waals surface area (Å²) in [5, 5.41) is 21.3. The predicted molar refractivity (Wildman–Crippen MR) is 56.3 cm³/mol. The maximum atomic E-state index is 9.05. The molecule has 0 spiro atoms. The number of rotatable bonds is 5. The quantitative estimate of drug-likeness (QED) is 0.681. The van der Waals surface area contributed by atoms with Gasteiger partial charge in [-0.1, -0.05) is 23.7 Å². The Kier molecular flexibility index (Phi) is 4.90. The Labute approximate surface area is 88.3 Å². The lowest BCUT2D eigenvalue weighted by molar-refractivity contribution is 0.0942. The Bertz CT molecular complexity index is 281. The molecule has 0 aliphatic heterocycles. The third-order valence-corrected chi connectivity index (χ3v) is 2.04. The number of nitrogens with one attached hydrogen (secondary N) is 1. The van der Waals surface area contributed by atoms with Gasteiger partial charge < -0.3 is 15.5 Å². The summed E-state index contributed by atoms with van der Waals surface area (Å²) in [6, 6.07) is 7.50. The molecule has 14 heavy (non-hydrogen) atoms. The molecule has 0 aliphatic rings. The highest BCUT2D eigenvalue weighted by Gasteiger charge is 2.00. The maximum absolute atomic E-state index is 9.05. The van der Waals surface area contributed by atoms with Gasteiger partial charge in [0, 0.05) is 18.1 Å². The number of hydrogen-bond acceptors (Lipinski definition) is 3. The molecule has 0 saturated carbocycles. The molecule has 0 unspecified atom stereocenters. The highest BCUT2D eigenvalue weighted by atomic mass is 35.5. The van der Waals surface area contributed by atoms with Crippen molar-refractivity contribution in [3.63, 3.8) is 0 Å². The summed E-state index contributed by atoms with van der Waals surface area (Å²) in [5.41, 5.74) is 1.06. The molecule has 3 N–H and O–H groups in total. The van der Waals surface area contributed by atoms with Crippen molar-refractivity contribution >= 4 is 11.6 Å². The van der Waals surface area contributed by atoms with E-state index in [1.165, 1.54) is 0 Å². The van der Waals surface area contributed by atoms with E-state index in [0.29, 0.717) is 18.1 Å². The van der Waals surface area contributed by atoms with Crippen LogP contribution in [0.1, 0.15) is 5.56 Å². The largest absolute Gasteiger partial charge is 0.394 e. The topological polar surface area (TPSA) is 52.5 Å². The van der Waals surface area contributed by atoms with Crippen molar-refractivity contribution in [3.05, 3.63) is 34.9 Å². The molecule has 4 heteroatoms. The molecule has 0 aliphatic carbocycles. The summed E-state index contributed by atoms with van der Waals surface area (Å²) in [6.45, 7) is 0.795. The Morgan fingerprint density at radius 2 is 2.21 bits per heavy atom. The Balaban J connectivity index is 2.31. The van der Waals surface area contributed by atoms with Crippen molar-refractivity contribution < 1.29 is 10.2 Å². The van der Waals surface area contributed by atoms with Crippen molar-refractivity contribution in [3.8, 4) is 0 Å². The van der Waals surface area contributed by atoms with Gasteiger partial charge in [-0.05, 0) is 17.7 Å². The molecule has 0 fully saturated rings. The minimum Gasteiger partial charge on any atom is -0.394 e. The fourth-order valence-electron chi connectivity index (χ4n) is 1.09. The van der Waals surface area contributed by atoms with Crippen LogP contribution in [-0.4, -0.2) is 29.5 Å². The highest BCUT2D eigenvalue weighted by molar-refractivity contribution is 6.30. The first kappa shape index (κ1) is 11.5. The lowest BCUT2D eigenvalue weighted by atomic mass is 10.2. The smallest absolute Gasteiger partial charge is 0.0895 e. The summed E-state index contributed by atoms with van der Waals surface area (Å²) in [7, 11) is 0. The summed E-state index contributed by atoms with van der Waals surface area (Å²) >= 11 is 5.80. The van der Waals surface area contributed by atoms with Crippen LogP contribution >= 0.6 is 11.6 Å². The SMILES string of the molecule is OC[C@H](O)CNCc1cccc(Cl)c1. The van der Waals surface area contributed by atoms with Crippen LogP contribution in [0.2, 0.25) is 5.02 Å². The van der Waals surface area contributed by atoms with Crippen LogP contribution in [0.3, 0.4) is 0 Å². The van der Waals surface area contributed by atoms with Crippen LogP contribution in [0.25, 0.3) is 0 Å². The van der Waals surface area contributed by atoms with Crippen LogP contribution in [0.4, 0.5) is 0 Å². The molecule has 0 bridgehead atoms. The van der Waals surface area contributed by atoms with Crippen LogP contribution < -0.4 is 5.32 Å². The second kappa shape index (κ2) is 5.98. The maximum Gasteiger partial charge on any atom is 0.0895 e. The van der Waals surface area contributed by atoms with Crippen molar-refractivity contribution in [1.29, 1.82) is 0 Å². The number of aliphatic hydroxyl groups is 2. The van der Waals surface area contributed by atoms with E-state index in [1.807, 2.05) is 24.3 Å². The van der Waals surface area contributed by atoms with E-state index >= 15 is 0 Å². The molecule has 0 amide bonds. The van der Waals surface area contributed by atoms with Gasteiger partial charge in [0.1, 0.15) is 0 Å². The van der Waals surface area contributed by atoms with Gasteiger partial charge in [-0.25, -0.2) is 0 Å². The summed E-state index contributed by atoms with van der Waals surface area (Å²) < 4.78 is 0. The number of benzene rings is 1. The van der Waals surface area contributed by atoms with E-state index in [1.54, 1.807) is 0 Å². The van der Waals surface area contributed by atoms with Crippen molar-refractivity contribution in [1.82, 2.24) is 5.32 Å². The molecule has 1 rings (SSSR count). The fraction of sp³-hybridized carbons (Fsp3) is 0.400. The molecule has 0 saturated heterocycles. The molecule has 1 atom stereocenters. The first-order valence-corrected chi connectivity index (χ1v) is 4.84. The van der Waals surface area contributed by atoms with Crippen LogP contribution in [0, 0.1) is 0 Å². The van der Waals surface area contributed by atoms with Gasteiger partial charge >= 0.3 is 0 Å². The van der Waals surface area contributed by atoms with Crippen molar-refractivity contribution in [2.75, 3.05) is 13.2 Å². The van der Waals surface area contributed by atoms with E-state index in [0.717, 1.165) is 5.56 Å². The van der Waals surface area contributed by atoms with E-state index in [4.69, 9.17) is 21.8 Å². The van der Waals surface area contributed by atoms with E-state index in [2.05, 4.69) is 5.32 Å². The molecule has 1 aromatic carbocycles. The predicted octanol–water partition coefficient (Wildman–Crippen LogP) is 0.783. The second-order valence-corrected chi connectivity index (χ2v) is 3.53. The van der Waals surface area contributed by atoms with Gasteiger partial charge in [-0.3, -0.25) is 0 Å². The van der Waals surface area contributed by atoms with Crippen molar-refractivity contribution in [2.45, 2.75) is 12.6 Å². The van der Waals surface area contributed by atoms with Gasteiger partial charge in [-0.2, -0.15) is 0 Å². The van der Waals surface area contributed by atoms with Gasteiger partial charge in [-0.15, -0.1) is 0 Å². The first-order chi connectivity index (χ1) is 6.72. The standard InChI is InChI=1S/C10H14ClNO2/c11-9-3-1-2-8(4-9)5-12-6-10(14)7-13/h1-4,10,12-14H,5-7H2/t10-/m1/s1. The molecule has 0 radical (unpaired) electrons. The Morgan fingerprint density at radius 3 is 2.86 bits per heavy atom. The molecular weight excluding hydrogens is 202 g/mol. The monoisotopic (exact) mass is 215 g/mol. The summed E-state index contributed by atoms with van der Waals surface area (Å²) in [4.78, 5) is 0. The van der Waals surface area contributed by atoms with Gasteiger partial charge in [0.25, 0.3) is 0 Å². The van der Waals surface area contributed by atoms with Crippen LogP contribution in [0.15, 0.2) is 24.3 Å². The zero-order valence-electron chi connectivity index (χ0n) is 7.78.